The molecular formula is C24H22N2O4. The van der Waals surface area contributed by atoms with Crippen molar-refractivity contribution in [3.63, 3.8) is 0 Å². The van der Waals surface area contributed by atoms with Crippen molar-refractivity contribution < 1.29 is 18.4 Å². The first-order valence-corrected chi connectivity index (χ1v) is 9.59. The highest BCUT2D eigenvalue weighted by Gasteiger charge is 2.15. The van der Waals surface area contributed by atoms with Crippen molar-refractivity contribution in [1.29, 1.82) is 0 Å². The van der Waals surface area contributed by atoms with Gasteiger partial charge in [0.2, 0.25) is 5.55 Å². The van der Waals surface area contributed by atoms with E-state index in [4.69, 9.17) is 13.6 Å². The smallest absolute Gasteiger partial charge is 0.257 e. The highest BCUT2D eigenvalue weighted by atomic mass is 16.5. The third kappa shape index (κ3) is 3.85. The fraction of sp³-hybridized carbons (Fsp3) is 0.167. The van der Waals surface area contributed by atoms with E-state index in [-0.39, 0.29) is 18.0 Å². The Bertz CT molecular complexity index is 1270. The standard InChI is InChI=1S/C24H22N2O4/c1-15-7-4-10-20(16(15)2)26-24-19(23(27)25-14-18-9-6-12-29-18)13-17-8-5-11-21(28-3)22(17)30-24/h4-13H,14H2,1-3H3,(H,25,27). The van der Waals surface area contributed by atoms with Gasteiger partial charge >= 0.3 is 0 Å². The first-order valence-electron chi connectivity index (χ1n) is 9.59. The number of hydrogen-bond acceptors (Lipinski definition) is 5. The quantitative estimate of drug-likeness (QED) is 0.519. The molecule has 4 aromatic rings. The molecule has 0 bridgehead atoms. The van der Waals surface area contributed by atoms with Gasteiger partial charge in [-0.3, -0.25) is 4.79 Å². The number of nitrogens with one attached hydrogen (secondary N) is 1. The monoisotopic (exact) mass is 402 g/mol. The van der Waals surface area contributed by atoms with Gasteiger partial charge in [0.15, 0.2) is 11.3 Å². The highest BCUT2D eigenvalue weighted by Crippen LogP contribution is 2.26. The molecule has 0 aliphatic rings. The maximum atomic E-state index is 13.0. The van der Waals surface area contributed by atoms with Crippen LogP contribution < -0.4 is 15.6 Å². The molecule has 0 spiro atoms. The molecule has 0 unspecified atom stereocenters. The average Bonchev–Trinajstić information content (AvgIpc) is 3.28. The molecule has 0 saturated heterocycles. The van der Waals surface area contributed by atoms with Crippen LogP contribution in [0.25, 0.3) is 11.0 Å². The molecule has 0 atom stereocenters. The molecule has 0 aliphatic carbocycles. The molecule has 0 saturated carbocycles. The number of aryl methyl sites for hydroxylation is 1. The zero-order valence-corrected chi connectivity index (χ0v) is 17.1. The SMILES string of the molecule is COc1cccc2cc(C(=O)NCc3ccco3)c(=Nc3cccc(C)c3C)oc12. The van der Waals surface area contributed by atoms with Crippen molar-refractivity contribution in [2.75, 3.05) is 7.11 Å². The highest BCUT2D eigenvalue weighted by molar-refractivity contribution is 5.97. The molecule has 0 fully saturated rings. The van der Waals surface area contributed by atoms with Gasteiger partial charge in [0.05, 0.1) is 25.6 Å². The Morgan fingerprint density at radius 1 is 1.10 bits per heavy atom. The average molecular weight is 402 g/mol. The number of methoxy groups -OCH3 is 1. The van der Waals surface area contributed by atoms with Crippen LogP contribution in [-0.4, -0.2) is 13.0 Å². The zero-order chi connectivity index (χ0) is 21.1. The molecule has 4 rings (SSSR count). The van der Waals surface area contributed by atoms with E-state index in [1.807, 2.05) is 50.2 Å². The predicted molar refractivity (Wildman–Crippen MR) is 114 cm³/mol. The summed E-state index contributed by atoms with van der Waals surface area (Å²) in [4.78, 5) is 17.7. The van der Waals surface area contributed by atoms with Crippen molar-refractivity contribution in [2.45, 2.75) is 20.4 Å². The van der Waals surface area contributed by atoms with Crippen molar-refractivity contribution in [1.82, 2.24) is 5.32 Å². The lowest BCUT2D eigenvalue weighted by atomic mass is 10.1. The van der Waals surface area contributed by atoms with Gasteiger partial charge in [-0.2, -0.15) is 0 Å². The van der Waals surface area contributed by atoms with Gasteiger partial charge in [0.25, 0.3) is 5.91 Å². The second kappa shape index (κ2) is 8.29. The summed E-state index contributed by atoms with van der Waals surface area (Å²) in [6, 6.07) is 16.7. The summed E-state index contributed by atoms with van der Waals surface area (Å²) in [5, 5.41) is 3.61. The lowest BCUT2D eigenvalue weighted by Crippen LogP contribution is -2.28. The van der Waals surface area contributed by atoms with Crippen molar-refractivity contribution in [3.8, 4) is 5.75 Å². The summed E-state index contributed by atoms with van der Waals surface area (Å²) >= 11 is 0. The van der Waals surface area contributed by atoms with Crippen molar-refractivity contribution in [3.05, 3.63) is 88.9 Å². The number of rotatable bonds is 5. The second-order valence-electron chi connectivity index (χ2n) is 6.94. The number of hydrogen-bond donors (Lipinski definition) is 1. The fourth-order valence-corrected chi connectivity index (χ4v) is 3.17. The number of fused-ring (bicyclic) bond motifs is 1. The zero-order valence-electron chi connectivity index (χ0n) is 17.1. The van der Waals surface area contributed by atoms with E-state index in [2.05, 4.69) is 10.3 Å². The minimum Gasteiger partial charge on any atom is -0.493 e. The molecule has 1 N–H and O–H groups in total. The van der Waals surface area contributed by atoms with Gasteiger partial charge in [-0.25, -0.2) is 4.99 Å². The Balaban J connectivity index is 1.86. The number of benzene rings is 2. The number of nitrogens with zero attached hydrogens (tertiary/aromatic N) is 1. The third-order valence-corrected chi connectivity index (χ3v) is 5.00. The Morgan fingerprint density at radius 3 is 2.70 bits per heavy atom. The largest absolute Gasteiger partial charge is 0.493 e. The van der Waals surface area contributed by atoms with Crippen LogP contribution in [0.15, 0.2) is 74.7 Å². The summed E-state index contributed by atoms with van der Waals surface area (Å²) in [5.41, 5.74) is 3.97. The molecule has 6 heteroatoms. The van der Waals surface area contributed by atoms with Crippen LogP contribution in [0.3, 0.4) is 0 Å². The van der Waals surface area contributed by atoms with Crippen LogP contribution in [0.2, 0.25) is 0 Å². The van der Waals surface area contributed by atoms with E-state index in [1.54, 1.807) is 31.6 Å². The van der Waals surface area contributed by atoms with Crippen molar-refractivity contribution in [2.24, 2.45) is 4.99 Å². The second-order valence-corrected chi connectivity index (χ2v) is 6.94. The lowest BCUT2D eigenvalue weighted by molar-refractivity contribution is 0.0944. The summed E-state index contributed by atoms with van der Waals surface area (Å²) < 4.78 is 16.8. The number of amides is 1. The van der Waals surface area contributed by atoms with E-state index in [0.29, 0.717) is 22.7 Å². The first kappa shape index (κ1) is 19.5. The molecule has 0 aliphatic heterocycles. The van der Waals surface area contributed by atoms with Gasteiger partial charge in [-0.15, -0.1) is 0 Å². The summed E-state index contributed by atoms with van der Waals surface area (Å²) in [7, 11) is 1.58. The molecule has 2 aromatic carbocycles. The number of ether oxygens (including phenoxy) is 1. The normalized spacial score (nSPS) is 11.6. The topological polar surface area (TPSA) is 77.0 Å². The van der Waals surface area contributed by atoms with Crippen LogP contribution in [0.5, 0.6) is 5.75 Å². The van der Waals surface area contributed by atoms with E-state index in [0.717, 1.165) is 22.2 Å². The summed E-state index contributed by atoms with van der Waals surface area (Å²) in [5.74, 6) is 0.937. The Morgan fingerprint density at radius 2 is 1.93 bits per heavy atom. The molecule has 30 heavy (non-hydrogen) atoms. The molecule has 2 aromatic heterocycles. The third-order valence-electron chi connectivity index (χ3n) is 5.00. The molecule has 1 amide bonds. The van der Waals surface area contributed by atoms with Crippen LogP contribution in [0, 0.1) is 13.8 Å². The van der Waals surface area contributed by atoms with Gasteiger partial charge in [-0.05, 0) is 55.3 Å². The lowest BCUT2D eigenvalue weighted by Gasteiger charge is -2.09. The van der Waals surface area contributed by atoms with E-state index in [9.17, 15) is 4.79 Å². The van der Waals surface area contributed by atoms with Crippen LogP contribution in [0.4, 0.5) is 5.69 Å². The van der Waals surface area contributed by atoms with Gasteiger partial charge < -0.3 is 18.9 Å². The number of para-hydroxylation sites is 1. The van der Waals surface area contributed by atoms with Crippen LogP contribution in [0.1, 0.15) is 27.2 Å². The fourth-order valence-electron chi connectivity index (χ4n) is 3.17. The summed E-state index contributed by atoms with van der Waals surface area (Å²) in [6.45, 7) is 4.28. The Hall–Kier alpha value is -3.80. The molecule has 0 radical (unpaired) electrons. The van der Waals surface area contributed by atoms with Gasteiger partial charge in [0, 0.05) is 5.39 Å². The van der Waals surface area contributed by atoms with Gasteiger partial charge in [-0.1, -0.05) is 24.3 Å². The molecule has 152 valence electrons. The van der Waals surface area contributed by atoms with Crippen LogP contribution >= 0.6 is 0 Å². The molecule has 2 heterocycles. The van der Waals surface area contributed by atoms with Crippen molar-refractivity contribution >= 4 is 22.6 Å². The van der Waals surface area contributed by atoms with E-state index < -0.39 is 0 Å². The maximum Gasteiger partial charge on any atom is 0.257 e. The number of carbonyl (C=O) groups excluding carboxylic acids is 1. The number of furan rings is 1. The Labute approximate surface area is 173 Å². The molecule has 6 nitrogen and oxygen atoms in total. The minimum absolute atomic E-state index is 0.220. The maximum absolute atomic E-state index is 13.0. The van der Waals surface area contributed by atoms with Crippen LogP contribution in [-0.2, 0) is 6.54 Å². The number of carbonyl (C=O) groups is 1. The van der Waals surface area contributed by atoms with E-state index in [1.165, 1.54) is 0 Å². The molecular weight excluding hydrogens is 380 g/mol. The summed E-state index contributed by atoms with van der Waals surface area (Å²) in [6.07, 6.45) is 1.57. The Kier molecular flexibility index (Phi) is 5.39. The predicted octanol–water partition coefficient (Wildman–Crippen LogP) is 4.81. The minimum atomic E-state index is -0.302. The first-order chi connectivity index (χ1) is 14.6. The van der Waals surface area contributed by atoms with Gasteiger partial charge in [0.1, 0.15) is 11.3 Å². The van der Waals surface area contributed by atoms with E-state index >= 15 is 0 Å².